The highest BCUT2D eigenvalue weighted by atomic mass is 32.1. The van der Waals surface area contributed by atoms with Crippen LogP contribution in [0.15, 0.2) is 54.7 Å². The molecule has 3 aromatic rings. The van der Waals surface area contributed by atoms with Gasteiger partial charge in [0.1, 0.15) is 5.82 Å². The van der Waals surface area contributed by atoms with Crippen LogP contribution in [0.2, 0.25) is 0 Å². The second-order valence-corrected chi connectivity index (χ2v) is 7.43. The van der Waals surface area contributed by atoms with Crippen LogP contribution in [0.5, 0.6) is 0 Å². The molecule has 3 heterocycles. The first-order valence-corrected chi connectivity index (χ1v) is 9.85. The standard InChI is InChI=1S/C22H23FN4S/c1-4-26-14(2)13-18(15(26)3)21-20(19-7-5-6-12-24-19)25-22(28)27(21)17-10-8-16(23)9-11-17/h5-13,20-21H,4H2,1-3H3,(H,25,28)/t20-,21+/m1/s1. The molecule has 1 saturated heterocycles. The summed E-state index contributed by atoms with van der Waals surface area (Å²) in [5.41, 5.74) is 5.42. The Morgan fingerprint density at radius 2 is 1.89 bits per heavy atom. The topological polar surface area (TPSA) is 33.1 Å². The van der Waals surface area contributed by atoms with Gasteiger partial charge in [-0.05, 0) is 81.0 Å². The van der Waals surface area contributed by atoms with Crippen molar-refractivity contribution in [2.24, 2.45) is 0 Å². The van der Waals surface area contributed by atoms with Crippen LogP contribution in [-0.4, -0.2) is 14.7 Å². The third-order valence-electron chi connectivity index (χ3n) is 5.45. The predicted octanol–water partition coefficient (Wildman–Crippen LogP) is 4.84. The molecule has 0 radical (unpaired) electrons. The van der Waals surface area contributed by atoms with Gasteiger partial charge in [0.05, 0.1) is 17.8 Å². The van der Waals surface area contributed by atoms with Gasteiger partial charge in [0.25, 0.3) is 0 Å². The van der Waals surface area contributed by atoms with Gasteiger partial charge in [-0.25, -0.2) is 4.39 Å². The molecule has 0 unspecified atom stereocenters. The Balaban J connectivity index is 1.88. The summed E-state index contributed by atoms with van der Waals surface area (Å²) in [7, 11) is 0. The molecule has 4 rings (SSSR count). The molecule has 1 fully saturated rings. The van der Waals surface area contributed by atoms with E-state index in [0.717, 1.165) is 17.9 Å². The quantitative estimate of drug-likeness (QED) is 0.642. The molecule has 0 amide bonds. The van der Waals surface area contributed by atoms with Gasteiger partial charge in [-0.15, -0.1) is 0 Å². The van der Waals surface area contributed by atoms with Crippen molar-refractivity contribution in [3.05, 3.63) is 83.2 Å². The summed E-state index contributed by atoms with van der Waals surface area (Å²) >= 11 is 5.71. The summed E-state index contributed by atoms with van der Waals surface area (Å²) < 4.78 is 15.8. The zero-order chi connectivity index (χ0) is 19.8. The van der Waals surface area contributed by atoms with Gasteiger partial charge in [-0.3, -0.25) is 4.98 Å². The number of hydrogen-bond donors (Lipinski definition) is 1. The molecule has 1 aliphatic rings. The van der Waals surface area contributed by atoms with Crippen LogP contribution in [0.3, 0.4) is 0 Å². The van der Waals surface area contributed by atoms with Crippen molar-refractivity contribution >= 4 is 23.0 Å². The maximum absolute atomic E-state index is 13.5. The molecule has 2 atom stereocenters. The third kappa shape index (κ3) is 3.07. The highest BCUT2D eigenvalue weighted by Crippen LogP contribution is 2.43. The van der Waals surface area contributed by atoms with E-state index < -0.39 is 0 Å². The minimum atomic E-state index is -0.260. The Hall–Kier alpha value is -2.73. The average Bonchev–Trinajstić information content (AvgIpc) is 3.18. The van der Waals surface area contributed by atoms with Crippen LogP contribution in [0.4, 0.5) is 10.1 Å². The van der Waals surface area contributed by atoms with Crippen molar-refractivity contribution in [2.45, 2.75) is 39.4 Å². The largest absolute Gasteiger partial charge is 0.351 e. The average molecular weight is 395 g/mol. The molecule has 1 aliphatic heterocycles. The van der Waals surface area contributed by atoms with Crippen molar-refractivity contribution in [2.75, 3.05) is 4.90 Å². The van der Waals surface area contributed by atoms with Gasteiger partial charge in [0.15, 0.2) is 5.11 Å². The number of rotatable bonds is 4. The summed E-state index contributed by atoms with van der Waals surface area (Å²) in [6.45, 7) is 7.33. The van der Waals surface area contributed by atoms with E-state index >= 15 is 0 Å². The molecule has 144 valence electrons. The number of hydrogen-bond acceptors (Lipinski definition) is 2. The maximum atomic E-state index is 13.5. The summed E-state index contributed by atoms with van der Waals surface area (Å²) in [6, 6.07) is 14.5. The fraction of sp³-hybridized carbons (Fsp3) is 0.273. The molecule has 28 heavy (non-hydrogen) atoms. The first-order chi connectivity index (χ1) is 13.5. The van der Waals surface area contributed by atoms with Gasteiger partial charge >= 0.3 is 0 Å². The van der Waals surface area contributed by atoms with Crippen LogP contribution in [0.1, 0.15) is 41.7 Å². The minimum Gasteiger partial charge on any atom is -0.351 e. The number of pyridine rings is 1. The van der Waals surface area contributed by atoms with E-state index in [9.17, 15) is 4.39 Å². The normalized spacial score (nSPS) is 19.1. The van der Waals surface area contributed by atoms with Crippen molar-refractivity contribution < 1.29 is 4.39 Å². The highest BCUT2D eigenvalue weighted by molar-refractivity contribution is 7.80. The molecule has 2 aromatic heterocycles. The Labute approximate surface area is 170 Å². The van der Waals surface area contributed by atoms with Crippen molar-refractivity contribution in [3.63, 3.8) is 0 Å². The molecule has 6 heteroatoms. The number of thiocarbonyl (C=S) groups is 1. The second kappa shape index (κ2) is 7.36. The first kappa shape index (κ1) is 18.6. The zero-order valence-corrected chi connectivity index (χ0v) is 17.0. The predicted molar refractivity (Wildman–Crippen MR) is 114 cm³/mol. The molecule has 0 bridgehead atoms. The summed E-state index contributed by atoms with van der Waals surface area (Å²) in [4.78, 5) is 6.66. The number of benzene rings is 1. The smallest absolute Gasteiger partial charge is 0.174 e. The summed E-state index contributed by atoms with van der Waals surface area (Å²) in [5, 5.41) is 4.07. The molecular weight excluding hydrogens is 371 g/mol. The van der Waals surface area contributed by atoms with E-state index in [1.165, 1.54) is 29.1 Å². The fourth-order valence-corrected chi connectivity index (χ4v) is 4.51. The molecule has 1 N–H and O–H groups in total. The van der Waals surface area contributed by atoms with E-state index in [1.807, 2.05) is 18.2 Å². The number of halogens is 1. The number of anilines is 1. The van der Waals surface area contributed by atoms with Crippen LogP contribution < -0.4 is 10.2 Å². The van der Waals surface area contributed by atoms with Crippen molar-refractivity contribution in [3.8, 4) is 0 Å². The lowest BCUT2D eigenvalue weighted by Crippen LogP contribution is -2.29. The number of aromatic nitrogens is 2. The first-order valence-electron chi connectivity index (χ1n) is 9.44. The Bertz CT molecular complexity index is 997. The summed E-state index contributed by atoms with van der Waals surface area (Å²) in [6.07, 6.45) is 1.80. The Morgan fingerprint density at radius 1 is 1.14 bits per heavy atom. The van der Waals surface area contributed by atoms with Gasteiger partial charge in [0, 0.05) is 29.8 Å². The van der Waals surface area contributed by atoms with Gasteiger partial charge < -0.3 is 14.8 Å². The van der Waals surface area contributed by atoms with Gasteiger partial charge in [-0.2, -0.15) is 0 Å². The van der Waals surface area contributed by atoms with Crippen LogP contribution >= 0.6 is 12.2 Å². The molecule has 1 aromatic carbocycles. The third-order valence-corrected chi connectivity index (χ3v) is 5.77. The van der Waals surface area contributed by atoms with E-state index in [2.05, 4.69) is 46.6 Å². The Morgan fingerprint density at radius 3 is 2.50 bits per heavy atom. The second-order valence-electron chi connectivity index (χ2n) is 7.04. The van der Waals surface area contributed by atoms with Gasteiger partial charge in [0.2, 0.25) is 0 Å². The van der Waals surface area contributed by atoms with Crippen molar-refractivity contribution in [1.82, 2.24) is 14.9 Å². The van der Waals surface area contributed by atoms with Gasteiger partial charge in [-0.1, -0.05) is 6.07 Å². The Kier molecular flexibility index (Phi) is 4.89. The van der Waals surface area contributed by atoms with E-state index in [-0.39, 0.29) is 17.9 Å². The van der Waals surface area contributed by atoms with Crippen molar-refractivity contribution in [1.29, 1.82) is 0 Å². The fourth-order valence-electron chi connectivity index (χ4n) is 4.16. The monoisotopic (exact) mass is 394 g/mol. The van der Waals surface area contributed by atoms with E-state index in [4.69, 9.17) is 12.2 Å². The van der Waals surface area contributed by atoms with Crippen LogP contribution in [-0.2, 0) is 6.54 Å². The molecule has 0 spiro atoms. The highest BCUT2D eigenvalue weighted by Gasteiger charge is 2.42. The number of nitrogens with one attached hydrogen (secondary N) is 1. The van der Waals surface area contributed by atoms with Crippen LogP contribution in [0.25, 0.3) is 0 Å². The van der Waals surface area contributed by atoms with E-state index in [0.29, 0.717) is 5.11 Å². The minimum absolute atomic E-state index is 0.0700. The SMILES string of the molecule is CCn1c(C)cc([C@H]2[C@@H](c3ccccn3)NC(=S)N2c2ccc(F)cc2)c1C. The molecule has 4 nitrogen and oxygen atoms in total. The summed E-state index contributed by atoms with van der Waals surface area (Å²) in [5.74, 6) is -0.260. The molecular formula is C22H23FN4S. The van der Waals surface area contributed by atoms with Crippen LogP contribution in [0, 0.1) is 19.7 Å². The molecule has 0 aliphatic carbocycles. The lowest BCUT2D eigenvalue weighted by Gasteiger charge is -2.28. The lowest BCUT2D eigenvalue weighted by molar-refractivity contribution is 0.562. The van der Waals surface area contributed by atoms with E-state index in [1.54, 1.807) is 18.3 Å². The maximum Gasteiger partial charge on any atom is 0.174 e. The zero-order valence-electron chi connectivity index (χ0n) is 16.2. The number of aryl methyl sites for hydroxylation is 1. The lowest BCUT2D eigenvalue weighted by atomic mass is 9.96. The number of nitrogens with zero attached hydrogens (tertiary/aromatic N) is 3. The molecule has 0 saturated carbocycles.